The fourth-order valence-electron chi connectivity index (χ4n) is 2.28. The second-order valence-electron chi connectivity index (χ2n) is 4.76. The number of hydrogen-bond donors (Lipinski definition) is 0. The lowest BCUT2D eigenvalue weighted by Crippen LogP contribution is -2.31. The van der Waals surface area contributed by atoms with E-state index in [4.69, 9.17) is 4.74 Å². The maximum Gasteiger partial charge on any atom is 0.317 e. The number of rotatable bonds is 7. The second kappa shape index (κ2) is 7.58. The first-order chi connectivity index (χ1) is 9.47. The van der Waals surface area contributed by atoms with Gasteiger partial charge < -0.3 is 9.53 Å². The third-order valence-electron chi connectivity index (χ3n) is 3.12. The summed E-state index contributed by atoms with van der Waals surface area (Å²) < 4.78 is 4.98. The second-order valence-corrected chi connectivity index (χ2v) is 4.76. The molecular formula is C16H20O4. The van der Waals surface area contributed by atoms with Crippen LogP contribution in [0.5, 0.6) is 0 Å². The van der Waals surface area contributed by atoms with Gasteiger partial charge in [0.15, 0.2) is 0 Å². The molecule has 20 heavy (non-hydrogen) atoms. The van der Waals surface area contributed by atoms with Crippen LogP contribution in [0.25, 0.3) is 0 Å². The third-order valence-corrected chi connectivity index (χ3v) is 3.12. The fourth-order valence-corrected chi connectivity index (χ4v) is 2.28. The summed E-state index contributed by atoms with van der Waals surface area (Å²) in [5.41, 5.74) is 0.802. The minimum Gasteiger partial charge on any atom is -0.465 e. The van der Waals surface area contributed by atoms with Crippen molar-refractivity contribution >= 4 is 17.5 Å². The Hall–Kier alpha value is -1.97. The highest BCUT2D eigenvalue weighted by molar-refractivity contribution is 5.99. The van der Waals surface area contributed by atoms with Crippen molar-refractivity contribution in [2.75, 3.05) is 6.61 Å². The Morgan fingerprint density at radius 1 is 1.10 bits per heavy atom. The average Bonchev–Trinajstić information content (AvgIpc) is 2.38. The van der Waals surface area contributed by atoms with Gasteiger partial charge in [0.2, 0.25) is 0 Å². The van der Waals surface area contributed by atoms with E-state index in [9.17, 15) is 14.4 Å². The third kappa shape index (κ3) is 4.30. The van der Waals surface area contributed by atoms with Crippen LogP contribution in [0, 0.1) is 5.92 Å². The number of ketones is 2. The van der Waals surface area contributed by atoms with Gasteiger partial charge in [-0.25, -0.2) is 0 Å². The first kappa shape index (κ1) is 16.1. The van der Waals surface area contributed by atoms with Crippen LogP contribution in [-0.2, 0) is 19.1 Å². The minimum absolute atomic E-state index is 0.0607. The summed E-state index contributed by atoms with van der Waals surface area (Å²) in [7, 11) is 0. The summed E-state index contributed by atoms with van der Waals surface area (Å²) in [6.07, 6.45) is 0.146. The highest BCUT2D eigenvalue weighted by atomic mass is 16.5. The van der Waals surface area contributed by atoms with Crippen LogP contribution in [0.1, 0.15) is 38.7 Å². The van der Waals surface area contributed by atoms with E-state index in [2.05, 4.69) is 0 Å². The van der Waals surface area contributed by atoms with E-state index in [0.29, 0.717) is 0 Å². The van der Waals surface area contributed by atoms with E-state index in [0.717, 1.165) is 5.56 Å². The van der Waals surface area contributed by atoms with Crippen molar-refractivity contribution in [1.29, 1.82) is 0 Å². The van der Waals surface area contributed by atoms with Crippen molar-refractivity contribution in [1.82, 2.24) is 0 Å². The fraction of sp³-hybridized carbons (Fsp3) is 0.438. The quantitative estimate of drug-likeness (QED) is 0.567. The van der Waals surface area contributed by atoms with Crippen LogP contribution in [0.4, 0.5) is 0 Å². The Balaban J connectivity index is 3.15. The van der Waals surface area contributed by atoms with Crippen LogP contribution in [0.2, 0.25) is 0 Å². The first-order valence-corrected chi connectivity index (χ1v) is 6.68. The highest BCUT2D eigenvalue weighted by Crippen LogP contribution is 2.30. The largest absolute Gasteiger partial charge is 0.465 e. The molecule has 0 radical (unpaired) electrons. The van der Waals surface area contributed by atoms with Gasteiger partial charge in [-0.3, -0.25) is 9.59 Å². The van der Waals surface area contributed by atoms with Crippen LogP contribution in [0.15, 0.2) is 30.3 Å². The molecule has 0 fully saturated rings. The molecule has 108 valence electrons. The number of Topliss-reactive ketones (excluding diaryl/α,β-unsaturated/α-hetero) is 2. The van der Waals surface area contributed by atoms with Gasteiger partial charge >= 0.3 is 5.97 Å². The van der Waals surface area contributed by atoms with Gasteiger partial charge in [0.1, 0.15) is 17.5 Å². The molecule has 1 aromatic carbocycles. The van der Waals surface area contributed by atoms with Gasteiger partial charge in [0.25, 0.3) is 0 Å². The summed E-state index contributed by atoms with van der Waals surface area (Å²) in [6.45, 7) is 4.72. The maximum atomic E-state index is 12.0. The number of carbonyl (C=O) groups excluding carboxylic acids is 3. The molecule has 0 aliphatic carbocycles. The molecule has 1 aromatic rings. The molecular weight excluding hydrogens is 256 g/mol. The van der Waals surface area contributed by atoms with Crippen molar-refractivity contribution in [3.05, 3.63) is 35.9 Å². The van der Waals surface area contributed by atoms with Gasteiger partial charge in [-0.15, -0.1) is 0 Å². The zero-order valence-corrected chi connectivity index (χ0v) is 12.1. The molecule has 4 heteroatoms. The zero-order valence-electron chi connectivity index (χ0n) is 12.1. The topological polar surface area (TPSA) is 60.4 Å². The summed E-state index contributed by atoms with van der Waals surface area (Å²) in [5.74, 6) is -2.30. The van der Waals surface area contributed by atoms with Crippen LogP contribution < -0.4 is 0 Å². The van der Waals surface area contributed by atoms with Gasteiger partial charge in [0.05, 0.1) is 6.61 Å². The lowest BCUT2D eigenvalue weighted by molar-refractivity contribution is -0.152. The lowest BCUT2D eigenvalue weighted by Gasteiger charge is -2.23. The molecule has 2 atom stereocenters. The lowest BCUT2D eigenvalue weighted by atomic mass is 9.80. The molecule has 0 N–H and O–H groups in total. The number of esters is 1. The zero-order chi connectivity index (χ0) is 15.1. The summed E-state index contributed by atoms with van der Waals surface area (Å²) in [5, 5.41) is 0. The van der Waals surface area contributed by atoms with Crippen LogP contribution in [-0.4, -0.2) is 24.1 Å². The summed E-state index contributed by atoms with van der Waals surface area (Å²) in [4.78, 5) is 35.3. The SMILES string of the molecule is CCOC(=O)C(C(C)=O)C(CC(C)=O)c1ccccc1. The average molecular weight is 276 g/mol. The molecule has 0 spiro atoms. The van der Waals surface area contributed by atoms with Gasteiger partial charge in [-0.05, 0) is 26.3 Å². The molecule has 2 unspecified atom stereocenters. The van der Waals surface area contributed by atoms with Gasteiger partial charge in [-0.2, -0.15) is 0 Å². The molecule has 0 aliphatic rings. The molecule has 1 rings (SSSR count). The molecule has 0 saturated heterocycles. The first-order valence-electron chi connectivity index (χ1n) is 6.68. The predicted molar refractivity (Wildman–Crippen MR) is 75.3 cm³/mol. The Labute approximate surface area is 119 Å². The van der Waals surface area contributed by atoms with Crippen LogP contribution >= 0.6 is 0 Å². The molecule has 0 aliphatic heterocycles. The van der Waals surface area contributed by atoms with Crippen molar-refractivity contribution in [3.8, 4) is 0 Å². The summed E-state index contributed by atoms with van der Waals surface area (Å²) in [6, 6.07) is 9.14. The van der Waals surface area contributed by atoms with Gasteiger partial charge in [-0.1, -0.05) is 30.3 Å². The van der Waals surface area contributed by atoms with E-state index >= 15 is 0 Å². The molecule has 0 bridgehead atoms. The predicted octanol–water partition coefficient (Wildman–Crippen LogP) is 2.52. The number of ether oxygens (including phenoxy) is 1. The molecule has 0 saturated carbocycles. The maximum absolute atomic E-state index is 12.0. The van der Waals surface area contributed by atoms with E-state index < -0.39 is 17.8 Å². The van der Waals surface area contributed by atoms with E-state index in [1.54, 1.807) is 6.92 Å². The standard InChI is InChI=1S/C16H20O4/c1-4-20-16(19)15(12(3)18)14(10-11(2)17)13-8-6-5-7-9-13/h5-9,14-15H,4,10H2,1-3H3. The smallest absolute Gasteiger partial charge is 0.317 e. The van der Waals surface area contributed by atoms with Crippen LogP contribution in [0.3, 0.4) is 0 Å². The molecule has 0 aromatic heterocycles. The Morgan fingerprint density at radius 2 is 1.70 bits per heavy atom. The normalized spacial score (nSPS) is 13.3. The number of hydrogen-bond acceptors (Lipinski definition) is 4. The highest BCUT2D eigenvalue weighted by Gasteiger charge is 2.35. The Bertz CT molecular complexity index is 479. The monoisotopic (exact) mass is 276 g/mol. The van der Waals surface area contributed by atoms with E-state index in [1.807, 2.05) is 30.3 Å². The Kier molecular flexibility index (Phi) is 6.10. The van der Waals surface area contributed by atoms with Crippen molar-refractivity contribution < 1.29 is 19.1 Å². The molecule has 0 amide bonds. The Morgan fingerprint density at radius 3 is 2.15 bits per heavy atom. The van der Waals surface area contributed by atoms with Crippen molar-refractivity contribution in [2.24, 2.45) is 5.92 Å². The molecule has 0 heterocycles. The number of carbonyl (C=O) groups is 3. The van der Waals surface area contributed by atoms with Crippen molar-refractivity contribution in [2.45, 2.75) is 33.1 Å². The summed E-state index contributed by atoms with van der Waals surface area (Å²) >= 11 is 0. The minimum atomic E-state index is -0.929. The molecule has 4 nitrogen and oxygen atoms in total. The van der Waals surface area contributed by atoms with E-state index in [-0.39, 0.29) is 24.6 Å². The van der Waals surface area contributed by atoms with Gasteiger partial charge in [0, 0.05) is 12.3 Å². The van der Waals surface area contributed by atoms with Crippen molar-refractivity contribution in [3.63, 3.8) is 0 Å². The van der Waals surface area contributed by atoms with E-state index in [1.165, 1.54) is 13.8 Å². The number of benzene rings is 1.